The molecular weight excluding hydrogens is 238 g/mol. The third-order valence-electron chi connectivity index (χ3n) is 2.40. The number of rotatable bonds is 6. The van der Waals surface area contributed by atoms with Gasteiger partial charge in [-0.25, -0.2) is 9.78 Å². The maximum absolute atomic E-state index is 10.9. The van der Waals surface area contributed by atoms with Gasteiger partial charge in [0.15, 0.2) is 5.13 Å². The third kappa shape index (κ3) is 3.98. The van der Waals surface area contributed by atoms with Crippen molar-refractivity contribution in [3.8, 4) is 0 Å². The summed E-state index contributed by atoms with van der Waals surface area (Å²) >= 11 is 1.24. The average molecular weight is 257 g/mol. The van der Waals surface area contributed by atoms with Gasteiger partial charge in [-0.1, -0.05) is 11.3 Å². The number of hydrogen-bond donors (Lipinski definition) is 1. The van der Waals surface area contributed by atoms with Gasteiger partial charge >= 0.3 is 5.97 Å². The summed E-state index contributed by atoms with van der Waals surface area (Å²) in [4.78, 5) is 19.7. The van der Waals surface area contributed by atoms with E-state index in [1.165, 1.54) is 11.3 Å². The Labute approximate surface area is 106 Å². The lowest BCUT2D eigenvalue weighted by Gasteiger charge is -2.17. The molecule has 5 nitrogen and oxygen atoms in total. The average Bonchev–Trinajstić information content (AvgIpc) is 2.59. The molecule has 1 heterocycles. The van der Waals surface area contributed by atoms with Crippen molar-refractivity contribution in [2.24, 2.45) is 0 Å². The fraction of sp³-hybridized carbons (Fsp3) is 0.636. The van der Waals surface area contributed by atoms with Crippen molar-refractivity contribution in [3.63, 3.8) is 0 Å². The van der Waals surface area contributed by atoms with Gasteiger partial charge < -0.3 is 14.9 Å². The highest BCUT2D eigenvalue weighted by atomic mass is 32.1. The highest BCUT2D eigenvalue weighted by Gasteiger charge is 2.15. The molecule has 17 heavy (non-hydrogen) atoms. The Bertz CT molecular complexity index is 390. The van der Waals surface area contributed by atoms with Crippen LogP contribution < -0.4 is 4.90 Å². The van der Waals surface area contributed by atoms with E-state index >= 15 is 0 Å². The quantitative estimate of drug-likeness (QED) is 0.837. The van der Waals surface area contributed by atoms with E-state index in [0.717, 1.165) is 24.6 Å². The summed E-state index contributed by atoms with van der Waals surface area (Å²) in [6.45, 7) is 3.63. The molecule has 0 aliphatic heterocycles. The topological polar surface area (TPSA) is 56.7 Å². The minimum atomic E-state index is -0.895. The number of thiazole rings is 1. The van der Waals surface area contributed by atoms with E-state index < -0.39 is 5.97 Å². The molecule has 0 saturated carbocycles. The number of carboxylic acid groups (broad SMARTS) is 1. The van der Waals surface area contributed by atoms with Crippen LogP contribution in [0.5, 0.6) is 0 Å². The van der Waals surface area contributed by atoms with Crippen molar-refractivity contribution < 1.29 is 9.90 Å². The van der Waals surface area contributed by atoms with Crippen molar-refractivity contribution in [1.82, 2.24) is 9.88 Å². The second-order valence-corrected chi connectivity index (χ2v) is 5.27. The van der Waals surface area contributed by atoms with Gasteiger partial charge in [-0.2, -0.15) is 0 Å². The van der Waals surface area contributed by atoms with Gasteiger partial charge in [0.25, 0.3) is 0 Å². The first-order valence-corrected chi connectivity index (χ1v) is 6.30. The number of nitrogens with zero attached hydrogens (tertiary/aromatic N) is 3. The lowest BCUT2D eigenvalue weighted by molar-refractivity contribution is 0.0701. The fourth-order valence-corrected chi connectivity index (χ4v) is 2.36. The minimum Gasteiger partial charge on any atom is -0.477 e. The Morgan fingerprint density at radius 2 is 2.00 bits per heavy atom. The van der Waals surface area contributed by atoms with Gasteiger partial charge in [-0.15, -0.1) is 0 Å². The highest BCUT2D eigenvalue weighted by Crippen LogP contribution is 2.25. The molecule has 1 rings (SSSR count). The summed E-state index contributed by atoms with van der Waals surface area (Å²) < 4.78 is 0. The summed E-state index contributed by atoms with van der Waals surface area (Å²) in [6, 6.07) is 0. The molecule has 0 radical (unpaired) electrons. The van der Waals surface area contributed by atoms with Crippen molar-refractivity contribution in [2.75, 3.05) is 39.1 Å². The van der Waals surface area contributed by atoms with E-state index in [-0.39, 0.29) is 0 Å². The molecule has 0 aromatic carbocycles. The molecule has 0 fully saturated rings. The summed E-state index contributed by atoms with van der Waals surface area (Å²) in [5.41, 5.74) is 0.594. The van der Waals surface area contributed by atoms with E-state index in [1.807, 2.05) is 26.0 Å². The first kappa shape index (κ1) is 13.9. The largest absolute Gasteiger partial charge is 0.477 e. The second-order valence-electron chi connectivity index (χ2n) is 4.29. The monoisotopic (exact) mass is 257 g/mol. The number of anilines is 1. The van der Waals surface area contributed by atoms with Crippen molar-refractivity contribution in [2.45, 2.75) is 13.3 Å². The maximum Gasteiger partial charge on any atom is 0.347 e. The van der Waals surface area contributed by atoms with Gasteiger partial charge in [-0.05, 0) is 34.0 Å². The molecule has 0 atom stereocenters. The van der Waals surface area contributed by atoms with E-state index in [0.29, 0.717) is 10.6 Å². The van der Waals surface area contributed by atoms with Gasteiger partial charge in [-0.3, -0.25) is 0 Å². The van der Waals surface area contributed by atoms with Crippen LogP contribution >= 0.6 is 11.3 Å². The van der Waals surface area contributed by atoms with E-state index in [4.69, 9.17) is 5.11 Å². The summed E-state index contributed by atoms with van der Waals surface area (Å²) in [7, 11) is 6.02. The van der Waals surface area contributed by atoms with E-state index in [1.54, 1.807) is 6.92 Å². The zero-order valence-corrected chi connectivity index (χ0v) is 11.5. The van der Waals surface area contributed by atoms with Crippen LogP contribution in [0.2, 0.25) is 0 Å². The molecule has 6 heteroatoms. The normalized spacial score (nSPS) is 10.9. The lowest BCUT2D eigenvalue weighted by atomic mass is 10.4. The summed E-state index contributed by atoms with van der Waals surface area (Å²) in [6.07, 6.45) is 1.03. The number of aryl methyl sites for hydroxylation is 1. The van der Waals surface area contributed by atoms with Gasteiger partial charge in [0.1, 0.15) is 4.88 Å². The minimum absolute atomic E-state index is 0.333. The number of carbonyl (C=O) groups is 1. The Morgan fingerprint density at radius 3 is 2.47 bits per heavy atom. The molecule has 0 aliphatic carbocycles. The fourth-order valence-electron chi connectivity index (χ4n) is 1.46. The van der Waals surface area contributed by atoms with Crippen molar-refractivity contribution >= 4 is 22.4 Å². The van der Waals surface area contributed by atoms with E-state index in [9.17, 15) is 4.79 Å². The zero-order valence-electron chi connectivity index (χ0n) is 10.7. The van der Waals surface area contributed by atoms with Crippen LogP contribution in [0, 0.1) is 6.92 Å². The van der Waals surface area contributed by atoms with E-state index in [2.05, 4.69) is 9.88 Å². The SMILES string of the molecule is Cc1nc(N(C)CCCN(C)C)sc1C(=O)O. The van der Waals surface area contributed by atoms with Crippen LogP contribution in [0.25, 0.3) is 0 Å². The van der Waals surface area contributed by atoms with Crippen LogP contribution in [0.1, 0.15) is 21.8 Å². The van der Waals surface area contributed by atoms with Crippen LogP contribution in [0.15, 0.2) is 0 Å². The predicted molar refractivity (Wildman–Crippen MR) is 70.3 cm³/mol. The Hall–Kier alpha value is -1.14. The van der Waals surface area contributed by atoms with Crippen LogP contribution in [-0.4, -0.2) is 55.2 Å². The number of aromatic carboxylic acids is 1. The van der Waals surface area contributed by atoms with Gasteiger partial charge in [0.2, 0.25) is 0 Å². The Kier molecular flexibility index (Phi) is 4.89. The molecule has 0 unspecified atom stereocenters. The molecule has 96 valence electrons. The molecule has 0 spiro atoms. The first-order valence-electron chi connectivity index (χ1n) is 5.48. The Balaban J connectivity index is 2.60. The second kappa shape index (κ2) is 5.97. The van der Waals surface area contributed by atoms with Gasteiger partial charge in [0, 0.05) is 13.6 Å². The standard InChI is InChI=1S/C11H19N3O2S/c1-8-9(10(15)16)17-11(12-8)14(4)7-5-6-13(2)3/h5-7H2,1-4H3,(H,15,16). The third-order valence-corrected chi connectivity index (χ3v) is 3.66. The van der Waals surface area contributed by atoms with Crippen LogP contribution in [0.3, 0.4) is 0 Å². The molecule has 1 N–H and O–H groups in total. The first-order chi connectivity index (χ1) is 7.91. The van der Waals surface area contributed by atoms with Crippen molar-refractivity contribution in [1.29, 1.82) is 0 Å². The molecular formula is C11H19N3O2S. The number of hydrogen-bond acceptors (Lipinski definition) is 5. The van der Waals surface area contributed by atoms with Gasteiger partial charge in [0.05, 0.1) is 5.69 Å². The highest BCUT2D eigenvalue weighted by molar-refractivity contribution is 7.17. The van der Waals surface area contributed by atoms with Crippen molar-refractivity contribution in [3.05, 3.63) is 10.6 Å². The van der Waals surface area contributed by atoms with Crippen LogP contribution in [0.4, 0.5) is 5.13 Å². The lowest BCUT2D eigenvalue weighted by Crippen LogP contribution is -2.23. The Morgan fingerprint density at radius 1 is 1.35 bits per heavy atom. The molecule has 0 saturated heterocycles. The smallest absolute Gasteiger partial charge is 0.347 e. The maximum atomic E-state index is 10.9. The number of aromatic nitrogens is 1. The molecule has 1 aromatic rings. The number of carboxylic acids is 1. The van der Waals surface area contributed by atoms with Crippen LogP contribution in [-0.2, 0) is 0 Å². The molecule has 0 bridgehead atoms. The summed E-state index contributed by atoms with van der Waals surface area (Å²) in [5, 5.41) is 9.73. The predicted octanol–water partition coefficient (Wildman–Crippen LogP) is 1.54. The molecule has 1 aromatic heterocycles. The molecule has 0 aliphatic rings. The molecule has 0 amide bonds. The zero-order chi connectivity index (χ0) is 13.0. The summed E-state index contributed by atoms with van der Waals surface area (Å²) in [5.74, 6) is -0.895.